The number of carbonyl (C=O) groups excluding carboxylic acids is 4. The molecule has 4 unspecified atom stereocenters. The number of ether oxygens (including phenoxy) is 1. The van der Waals surface area contributed by atoms with Gasteiger partial charge in [0, 0.05) is 18.2 Å². The number of carboxylic acid groups (broad SMARTS) is 1. The van der Waals surface area contributed by atoms with E-state index in [1.54, 1.807) is 30.3 Å². The number of nitrogens with one attached hydrogen (secondary N) is 1. The summed E-state index contributed by atoms with van der Waals surface area (Å²) in [6.07, 6.45) is 0. The Morgan fingerprint density at radius 3 is 2.43 bits per heavy atom. The predicted octanol–water partition coefficient (Wildman–Crippen LogP) is 0.531. The molecule has 0 spiro atoms. The summed E-state index contributed by atoms with van der Waals surface area (Å²) in [4.78, 5) is 75.6. The molecule has 4 amide bonds. The Balaban J connectivity index is 1.55. The summed E-state index contributed by atoms with van der Waals surface area (Å²) in [6, 6.07) is 8.08. The van der Waals surface area contributed by atoms with Gasteiger partial charge in [-0.25, -0.2) is 25.4 Å². The fourth-order valence-corrected chi connectivity index (χ4v) is 7.13. The molecule has 5 atom stereocenters. The second-order valence-corrected chi connectivity index (χ2v) is 12.6. The molecule has 2 aromatic carbocycles. The Hall–Kier alpha value is -5.46. The van der Waals surface area contributed by atoms with E-state index in [9.17, 15) is 39.3 Å². The molecule has 0 aromatic heterocycles. The van der Waals surface area contributed by atoms with Crippen LogP contribution < -0.4 is 16.9 Å². The van der Waals surface area contributed by atoms with Crippen LogP contribution in [0.15, 0.2) is 75.9 Å². The first-order valence-corrected chi connectivity index (χ1v) is 15.8. The van der Waals surface area contributed by atoms with Gasteiger partial charge in [0.05, 0.1) is 5.69 Å². The minimum absolute atomic E-state index is 0.0818. The van der Waals surface area contributed by atoms with Crippen molar-refractivity contribution in [2.24, 2.45) is 21.6 Å². The number of aromatic hydroxyl groups is 1. The first kappa shape index (κ1) is 34.9. The first-order chi connectivity index (χ1) is 23.1. The van der Waals surface area contributed by atoms with Crippen molar-refractivity contribution in [2.45, 2.75) is 50.0 Å². The van der Waals surface area contributed by atoms with E-state index in [0.29, 0.717) is 5.69 Å². The highest BCUT2D eigenvalue weighted by Crippen LogP contribution is 2.41. The molecular formula is C31H34N8O9S. The van der Waals surface area contributed by atoms with Crippen molar-refractivity contribution in [1.29, 1.82) is 0 Å². The zero-order valence-electron chi connectivity index (χ0n) is 26.5. The van der Waals surface area contributed by atoms with E-state index >= 15 is 0 Å². The molecule has 18 heteroatoms. The van der Waals surface area contributed by atoms with Crippen LogP contribution in [0.4, 0.5) is 10.5 Å². The summed E-state index contributed by atoms with van der Waals surface area (Å²) in [5.74, 6) is 2.43. The number of carbonyl (C=O) groups is 5. The van der Waals surface area contributed by atoms with Crippen molar-refractivity contribution in [3.63, 3.8) is 0 Å². The minimum Gasteiger partial charge on any atom is -0.508 e. The van der Waals surface area contributed by atoms with Gasteiger partial charge in [0.2, 0.25) is 5.91 Å². The van der Waals surface area contributed by atoms with Gasteiger partial charge in [0.1, 0.15) is 47.4 Å². The molecule has 3 heterocycles. The molecule has 5 rings (SSSR count). The third kappa shape index (κ3) is 6.65. The third-order valence-corrected chi connectivity index (χ3v) is 9.48. The number of benzene rings is 2. The average Bonchev–Trinajstić information content (AvgIpc) is 3.05. The maximum atomic E-state index is 14.3. The van der Waals surface area contributed by atoms with Crippen LogP contribution in [-0.4, -0.2) is 107 Å². The number of hydrogen-bond donors (Lipinski definition) is 6. The number of amidine groups is 2. The molecule has 17 nitrogen and oxygen atoms in total. The number of amides is 4. The SMILES string of the molecule is CC(=O)OCC1=C(C(=O)O)N2C(=O)C(NC(=O)C(c3ccc(O)cc3)N(C(N)=O)C3C(=Nc4ccccc4)N=C(C)N(N)C3(C)O)[C@@H]2SC1. The molecule has 1 fully saturated rings. The van der Waals surface area contributed by atoms with Crippen LogP contribution >= 0.6 is 11.8 Å². The van der Waals surface area contributed by atoms with Crippen molar-refractivity contribution in [1.82, 2.24) is 20.1 Å². The number of carboxylic acids is 1. The molecule has 258 valence electrons. The number of phenols is 1. The molecule has 1 saturated heterocycles. The van der Waals surface area contributed by atoms with Gasteiger partial charge in [-0.3, -0.25) is 29.2 Å². The number of thioether (sulfide) groups is 1. The lowest BCUT2D eigenvalue weighted by atomic mass is 9.94. The van der Waals surface area contributed by atoms with Crippen LogP contribution in [0.25, 0.3) is 0 Å². The molecule has 0 saturated carbocycles. The first-order valence-electron chi connectivity index (χ1n) is 14.8. The molecule has 49 heavy (non-hydrogen) atoms. The number of esters is 1. The van der Waals surface area contributed by atoms with E-state index < -0.39 is 59.0 Å². The predicted molar refractivity (Wildman–Crippen MR) is 176 cm³/mol. The zero-order valence-corrected chi connectivity index (χ0v) is 27.3. The number of aliphatic hydroxyl groups is 1. The number of hydrogen-bond acceptors (Lipinski definition) is 12. The number of rotatable bonds is 9. The van der Waals surface area contributed by atoms with Crippen LogP contribution in [-0.2, 0) is 23.9 Å². The van der Waals surface area contributed by atoms with Crippen molar-refractivity contribution >= 4 is 58.9 Å². The lowest BCUT2D eigenvalue weighted by Gasteiger charge is -2.51. The number of primary amides is 1. The van der Waals surface area contributed by atoms with Gasteiger partial charge in [-0.15, -0.1) is 11.8 Å². The fourth-order valence-electron chi connectivity index (χ4n) is 5.81. The molecular weight excluding hydrogens is 660 g/mol. The van der Waals surface area contributed by atoms with Crippen LogP contribution in [0, 0.1) is 0 Å². The molecule has 0 radical (unpaired) electrons. The summed E-state index contributed by atoms with van der Waals surface area (Å²) < 4.78 is 4.97. The quantitative estimate of drug-likeness (QED) is 0.119. The molecule has 8 N–H and O–H groups in total. The Morgan fingerprint density at radius 1 is 1.18 bits per heavy atom. The van der Waals surface area contributed by atoms with E-state index in [1.165, 1.54) is 45.0 Å². The normalized spacial score (nSPS) is 24.8. The van der Waals surface area contributed by atoms with Crippen molar-refractivity contribution in [3.8, 4) is 5.75 Å². The Labute approximate surface area is 283 Å². The summed E-state index contributed by atoms with van der Waals surface area (Å²) in [6.45, 7) is 3.64. The van der Waals surface area contributed by atoms with E-state index in [-0.39, 0.29) is 46.6 Å². The molecule has 3 aliphatic rings. The largest absolute Gasteiger partial charge is 0.508 e. The number of β-lactam (4-membered cyclic amide) rings is 1. The minimum atomic E-state index is -2.15. The van der Waals surface area contributed by atoms with Gasteiger partial charge in [0.15, 0.2) is 11.6 Å². The van der Waals surface area contributed by atoms with Gasteiger partial charge in [-0.1, -0.05) is 30.3 Å². The van der Waals surface area contributed by atoms with Crippen molar-refractivity contribution in [2.75, 3.05) is 12.4 Å². The number of phenolic OH excluding ortho intramolecular Hbond substituents is 1. The van der Waals surface area contributed by atoms with E-state index in [1.807, 2.05) is 0 Å². The van der Waals surface area contributed by atoms with Crippen LogP contribution in [0.1, 0.15) is 32.4 Å². The van der Waals surface area contributed by atoms with Gasteiger partial charge >= 0.3 is 18.0 Å². The van der Waals surface area contributed by atoms with Gasteiger partial charge in [0.25, 0.3) is 5.91 Å². The number of fused-ring (bicyclic) bond motifs is 1. The van der Waals surface area contributed by atoms with Crippen LogP contribution in [0.3, 0.4) is 0 Å². The van der Waals surface area contributed by atoms with Gasteiger partial charge < -0.3 is 31.1 Å². The Kier molecular flexibility index (Phi) is 9.66. The lowest BCUT2D eigenvalue weighted by Crippen LogP contribution is -2.73. The standard InChI is InChI=1S/C31H34N8O9S/c1-15-34-25(35-19-7-5-4-6-8-19)24(31(3,47)39(15)33)37(30(32)46)22(17-9-11-20(41)12-10-17)26(42)36-21-27(43)38-23(29(44)45)18(13-48-16(2)40)14-49-28(21)38/h4-12,21-22,24,28,41,47H,13-14,33H2,1-3H3,(H2,32,46)(H,36,42)(H,44,45)/t21?,22?,24?,28-,31?/m0/s1. The van der Waals surface area contributed by atoms with E-state index in [4.69, 9.17) is 16.3 Å². The summed E-state index contributed by atoms with van der Waals surface area (Å²) >= 11 is 1.14. The number of hydrazine groups is 1. The van der Waals surface area contributed by atoms with E-state index in [0.717, 1.165) is 26.6 Å². The highest BCUT2D eigenvalue weighted by molar-refractivity contribution is 8.00. The maximum Gasteiger partial charge on any atom is 0.352 e. The van der Waals surface area contributed by atoms with Gasteiger partial charge in [-0.05, 0) is 43.7 Å². The second kappa shape index (κ2) is 13.6. The molecule has 3 aliphatic heterocycles. The number of aliphatic imine (C=N–C) groups is 2. The third-order valence-electron chi connectivity index (χ3n) is 8.14. The van der Waals surface area contributed by atoms with Crippen LogP contribution in [0.2, 0.25) is 0 Å². The van der Waals surface area contributed by atoms with Crippen molar-refractivity contribution in [3.05, 3.63) is 71.4 Å². The Bertz CT molecular complexity index is 1780. The monoisotopic (exact) mass is 694 g/mol. The number of para-hydroxylation sites is 1. The summed E-state index contributed by atoms with van der Waals surface area (Å²) in [5, 5.41) is 34.4. The van der Waals surface area contributed by atoms with Crippen molar-refractivity contribution < 1.29 is 44.0 Å². The summed E-state index contributed by atoms with van der Waals surface area (Å²) in [7, 11) is 0. The average molecular weight is 695 g/mol. The van der Waals surface area contributed by atoms with E-state index in [2.05, 4.69) is 15.3 Å². The Morgan fingerprint density at radius 2 is 1.84 bits per heavy atom. The highest BCUT2D eigenvalue weighted by atomic mass is 32.2. The van der Waals surface area contributed by atoms with Crippen LogP contribution in [0.5, 0.6) is 5.75 Å². The van der Waals surface area contributed by atoms with Gasteiger partial charge in [-0.2, -0.15) is 0 Å². The number of nitrogens with two attached hydrogens (primary N) is 2. The number of nitrogens with zero attached hydrogens (tertiary/aromatic N) is 5. The topological polar surface area (TPSA) is 254 Å². The molecule has 2 aromatic rings. The fraction of sp³-hybridized carbons (Fsp3) is 0.323. The zero-order chi connectivity index (χ0) is 35.8. The maximum absolute atomic E-state index is 14.3. The molecule has 0 aliphatic carbocycles. The number of aliphatic carboxylic acids is 1. The molecule has 0 bridgehead atoms. The number of urea groups is 1. The second-order valence-electron chi connectivity index (χ2n) is 11.5. The smallest absolute Gasteiger partial charge is 0.352 e. The highest BCUT2D eigenvalue weighted by Gasteiger charge is 2.56. The summed E-state index contributed by atoms with van der Waals surface area (Å²) in [5.41, 5.74) is 4.18. The lowest BCUT2D eigenvalue weighted by molar-refractivity contribution is -0.152.